The highest BCUT2D eigenvalue weighted by atomic mass is 19.1. The van der Waals surface area contributed by atoms with Crippen LogP contribution in [0.3, 0.4) is 0 Å². The first-order valence-corrected chi connectivity index (χ1v) is 7.22. The van der Waals surface area contributed by atoms with Crippen molar-refractivity contribution in [3.63, 3.8) is 0 Å². The maximum absolute atomic E-state index is 13.8. The van der Waals surface area contributed by atoms with E-state index in [2.05, 4.69) is 4.98 Å². The summed E-state index contributed by atoms with van der Waals surface area (Å²) < 4.78 is 24.9. The SMILES string of the molecule is CC1(C)COc2cc(-c3cccnc3F)ccc2C1OC(N)=O. The molecule has 0 saturated heterocycles. The van der Waals surface area contributed by atoms with E-state index in [0.717, 1.165) is 0 Å². The topological polar surface area (TPSA) is 74.4 Å². The van der Waals surface area contributed by atoms with Crippen molar-refractivity contribution >= 4 is 6.09 Å². The molecule has 2 aromatic rings. The molecule has 0 fully saturated rings. The molecule has 1 aliphatic heterocycles. The normalized spacial score (nSPS) is 18.7. The van der Waals surface area contributed by atoms with Crippen molar-refractivity contribution in [3.8, 4) is 16.9 Å². The van der Waals surface area contributed by atoms with Crippen LogP contribution >= 0.6 is 0 Å². The highest BCUT2D eigenvalue weighted by Crippen LogP contribution is 2.46. The summed E-state index contributed by atoms with van der Waals surface area (Å²) >= 11 is 0. The van der Waals surface area contributed by atoms with Crippen molar-refractivity contribution in [3.05, 3.63) is 48.0 Å². The van der Waals surface area contributed by atoms with Crippen LogP contribution in [0.25, 0.3) is 11.1 Å². The third kappa shape index (κ3) is 2.84. The van der Waals surface area contributed by atoms with Crippen molar-refractivity contribution < 1.29 is 18.7 Å². The third-order valence-electron chi connectivity index (χ3n) is 3.91. The van der Waals surface area contributed by atoms with Gasteiger partial charge < -0.3 is 15.2 Å². The Labute approximate surface area is 133 Å². The van der Waals surface area contributed by atoms with E-state index in [0.29, 0.717) is 29.0 Å². The Morgan fingerprint density at radius 3 is 2.91 bits per heavy atom. The van der Waals surface area contributed by atoms with Gasteiger partial charge in [0.25, 0.3) is 0 Å². The van der Waals surface area contributed by atoms with Crippen LogP contribution in [0.2, 0.25) is 0 Å². The first kappa shape index (κ1) is 15.3. The van der Waals surface area contributed by atoms with Crippen LogP contribution in [0.5, 0.6) is 5.75 Å². The number of carbonyl (C=O) groups is 1. The molecule has 1 aromatic heterocycles. The fraction of sp³-hybridized carbons (Fsp3) is 0.294. The van der Waals surface area contributed by atoms with Crippen LogP contribution in [0.4, 0.5) is 9.18 Å². The Morgan fingerprint density at radius 2 is 2.22 bits per heavy atom. The van der Waals surface area contributed by atoms with E-state index in [-0.39, 0.29) is 0 Å². The molecule has 23 heavy (non-hydrogen) atoms. The largest absolute Gasteiger partial charge is 0.492 e. The molecule has 1 unspecified atom stereocenters. The molecule has 1 aliphatic rings. The van der Waals surface area contributed by atoms with Crippen LogP contribution in [-0.4, -0.2) is 17.7 Å². The maximum Gasteiger partial charge on any atom is 0.405 e. The molecule has 2 heterocycles. The van der Waals surface area contributed by atoms with Crippen molar-refractivity contribution in [2.45, 2.75) is 20.0 Å². The van der Waals surface area contributed by atoms with Crippen LogP contribution in [-0.2, 0) is 4.74 Å². The average Bonchev–Trinajstić information content (AvgIpc) is 2.50. The third-order valence-corrected chi connectivity index (χ3v) is 3.91. The Balaban J connectivity index is 2.04. The first-order chi connectivity index (χ1) is 10.9. The highest BCUT2D eigenvalue weighted by molar-refractivity contribution is 5.68. The van der Waals surface area contributed by atoms with Gasteiger partial charge in [-0.05, 0) is 23.8 Å². The molecule has 120 valence electrons. The van der Waals surface area contributed by atoms with Gasteiger partial charge in [-0.3, -0.25) is 0 Å². The zero-order valence-electron chi connectivity index (χ0n) is 12.9. The molecular weight excluding hydrogens is 299 g/mol. The van der Waals surface area contributed by atoms with Crippen molar-refractivity contribution in [2.75, 3.05) is 6.61 Å². The quantitative estimate of drug-likeness (QED) is 0.861. The summed E-state index contributed by atoms with van der Waals surface area (Å²) in [6, 6.07) is 8.56. The fourth-order valence-electron chi connectivity index (χ4n) is 2.74. The van der Waals surface area contributed by atoms with E-state index >= 15 is 0 Å². The van der Waals surface area contributed by atoms with Gasteiger partial charge in [0, 0.05) is 22.7 Å². The lowest BCUT2D eigenvalue weighted by molar-refractivity contribution is -0.0176. The molecule has 1 amide bonds. The zero-order valence-corrected chi connectivity index (χ0v) is 12.9. The van der Waals surface area contributed by atoms with Gasteiger partial charge in [0.2, 0.25) is 5.95 Å². The lowest BCUT2D eigenvalue weighted by atomic mass is 9.80. The maximum atomic E-state index is 13.8. The molecule has 5 nitrogen and oxygen atoms in total. The number of hydrogen-bond donors (Lipinski definition) is 1. The van der Waals surface area contributed by atoms with E-state index < -0.39 is 23.6 Å². The number of ether oxygens (including phenoxy) is 2. The molecule has 2 N–H and O–H groups in total. The van der Waals surface area contributed by atoms with Gasteiger partial charge in [-0.2, -0.15) is 4.39 Å². The number of nitrogens with two attached hydrogens (primary N) is 1. The van der Waals surface area contributed by atoms with E-state index in [4.69, 9.17) is 15.2 Å². The van der Waals surface area contributed by atoms with Crippen LogP contribution in [0, 0.1) is 11.4 Å². The highest BCUT2D eigenvalue weighted by Gasteiger charge is 2.40. The van der Waals surface area contributed by atoms with E-state index in [1.807, 2.05) is 13.8 Å². The molecule has 6 heteroatoms. The van der Waals surface area contributed by atoms with E-state index in [1.54, 1.807) is 30.3 Å². The summed E-state index contributed by atoms with van der Waals surface area (Å²) in [6.07, 6.45) is 0.0438. The molecule has 1 aromatic carbocycles. The number of amides is 1. The molecule has 0 radical (unpaired) electrons. The molecule has 0 spiro atoms. The van der Waals surface area contributed by atoms with Crippen molar-refractivity contribution in [1.29, 1.82) is 0 Å². The van der Waals surface area contributed by atoms with Crippen LogP contribution < -0.4 is 10.5 Å². The summed E-state index contributed by atoms with van der Waals surface area (Å²) in [5, 5.41) is 0. The summed E-state index contributed by atoms with van der Waals surface area (Å²) in [6.45, 7) is 4.22. The van der Waals surface area contributed by atoms with Gasteiger partial charge >= 0.3 is 6.09 Å². The van der Waals surface area contributed by atoms with Gasteiger partial charge in [0.15, 0.2) is 0 Å². The Kier molecular flexibility index (Phi) is 3.67. The summed E-state index contributed by atoms with van der Waals surface area (Å²) in [4.78, 5) is 14.9. The van der Waals surface area contributed by atoms with Gasteiger partial charge in [-0.1, -0.05) is 26.0 Å². The number of nitrogens with zero attached hydrogens (tertiary/aromatic N) is 1. The second-order valence-corrected chi connectivity index (χ2v) is 6.19. The molecule has 1 atom stereocenters. The van der Waals surface area contributed by atoms with Crippen molar-refractivity contribution in [2.24, 2.45) is 11.1 Å². The number of rotatable bonds is 2. The minimum atomic E-state index is -0.835. The minimum absolute atomic E-state index is 0.358. The second kappa shape index (κ2) is 5.53. The second-order valence-electron chi connectivity index (χ2n) is 6.19. The molecule has 3 rings (SSSR count). The van der Waals surface area contributed by atoms with Gasteiger partial charge in [0.05, 0.1) is 6.61 Å². The van der Waals surface area contributed by atoms with E-state index in [9.17, 15) is 9.18 Å². The number of halogens is 1. The predicted molar refractivity (Wildman–Crippen MR) is 82.3 cm³/mol. The first-order valence-electron chi connectivity index (χ1n) is 7.22. The fourth-order valence-corrected chi connectivity index (χ4v) is 2.74. The number of benzene rings is 1. The van der Waals surface area contributed by atoms with E-state index in [1.165, 1.54) is 6.20 Å². The molecule has 0 aliphatic carbocycles. The molecule has 0 bridgehead atoms. The summed E-state index contributed by atoms with van der Waals surface area (Å²) in [5.41, 5.74) is 6.52. The van der Waals surface area contributed by atoms with Gasteiger partial charge in [-0.15, -0.1) is 0 Å². The Morgan fingerprint density at radius 1 is 1.43 bits per heavy atom. The Bertz CT molecular complexity index is 761. The lowest BCUT2D eigenvalue weighted by Crippen LogP contribution is -2.37. The smallest absolute Gasteiger partial charge is 0.405 e. The Hall–Kier alpha value is -2.63. The predicted octanol–water partition coefficient (Wildman–Crippen LogP) is 3.44. The minimum Gasteiger partial charge on any atom is -0.492 e. The molecular formula is C17H17FN2O3. The average molecular weight is 316 g/mol. The number of primary amides is 1. The number of hydrogen-bond acceptors (Lipinski definition) is 4. The standard InChI is InChI=1S/C17H17FN2O3/c1-17(2)9-22-13-8-10(11-4-3-7-20-15(11)18)5-6-12(13)14(17)23-16(19)21/h3-8,14H,9H2,1-2H3,(H2,19,21). The number of carbonyl (C=O) groups excluding carboxylic acids is 1. The number of aromatic nitrogens is 1. The lowest BCUT2D eigenvalue weighted by Gasteiger charge is -2.38. The van der Waals surface area contributed by atoms with Crippen LogP contribution in [0.1, 0.15) is 25.5 Å². The zero-order chi connectivity index (χ0) is 16.6. The number of fused-ring (bicyclic) bond motifs is 1. The summed E-state index contributed by atoms with van der Waals surface area (Å²) in [5.74, 6) is 0.00449. The monoisotopic (exact) mass is 316 g/mol. The van der Waals surface area contributed by atoms with Crippen molar-refractivity contribution in [1.82, 2.24) is 4.98 Å². The van der Waals surface area contributed by atoms with Crippen LogP contribution in [0.15, 0.2) is 36.5 Å². The summed E-state index contributed by atoms with van der Waals surface area (Å²) in [7, 11) is 0. The van der Waals surface area contributed by atoms with Gasteiger partial charge in [-0.25, -0.2) is 9.78 Å². The number of pyridine rings is 1. The van der Waals surface area contributed by atoms with Gasteiger partial charge in [0.1, 0.15) is 11.9 Å². The molecule has 0 saturated carbocycles.